The Labute approximate surface area is 174 Å². The number of esters is 1. The molecule has 0 bridgehead atoms. The molecular formula is C23H38O6. The van der Waals surface area contributed by atoms with Gasteiger partial charge in [0, 0.05) is 6.42 Å². The third kappa shape index (κ3) is 4.51. The predicted octanol–water partition coefficient (Wildman–Crippen LogP) is 5.33. The molecule has 4 rings (SSSR count). The van der Waals surface area contributed by atoms with E-state index in [2.05, 4.69) is 6.92 Å². The Morgan fingerprint density at radius 2 is 1.41 bits per heavy atom. The standard InChI is InChI=1S/C23H38O6/c1-2-3-15-18-25-20(24)17-14-12-10-8-6-4-5-7-9-11-13-16-19-21(26-19)22-23(27-21,28-22)29-22/h19H,2-18H2,1H3. The average Bonchev–Trinajstić information content (AvgIpc) is 3.59. The second-order valence-corrected chi connectivity index (χ2v) is 9.11. The number of ether oxygens (including phenoxy) is 5. The van der Waals surface area contributed by atoms with Crippen LogP contribution in [0.3, 0.4) is 0 Å². The van der Waals surface area contributed by atoms with Gasteiger partial charge in [0.2, 0.25) is 0 Å². The molecule has 166 valence electrons. The van der Waals surface area contributed by atoms with E-state index >= 15 is 0 Å². The Morgan fingerprint density at radius 1 is 0.793 bits per heavy atom. The number of carbonyl (C=O) groups is 1. The molecule has 0 aromatic rings. The SMILES string of the molecule is CCCCCOC(=O)CCCCCCCCCCCCCC1OC12OC13OC12O3. The van der Waals surface area contributed by atoms with Gasteiger partial charge in [-0.2, -0.15) is 0 Å². The molecule has 2 atom stereocenters. The molecule has 0 aromatic carbocycles. The number of unbranched alkanes of at least 4 members (excludes halogenated alkanes) is 12. The summed E-state index contributed by atoms with van der Waals surface area (Å²) in [6, 6.07) is 0. The maximum absolute atomic E-state index is 11.6. The summed E-state index contributed by atoms with van der Waals surface area (Å²) in [7, 11) is 0. The van der Waals surface area contributed by atoms with Crippen LogP contribution in [0.1, 0.15) is 110 Å². The minimum absolute atomic E-state index is 0.0146. The zero-order chi connectivity index (χ0) is 20.2. The van der Waals surface area contributed by atoms with Gasteiger partial charge >= 0.3 is 17.7 Å². The lowest BCUT2D eigenvalue weighted by molar-refractivity contribution is -0.166. The first-order chi connectivity index (χ1) is 14.2. The van der Waals surface area contributed by atoms with E-state index in [0.717, 1.165) is 38.5 Å². The Balaban J connectivity index is 0.847. The summed E-state index contributed by atoms with van der Waals surface area (Å²) < 4.78 is 27.2. The minimum atomic E-state index is -0.651. The summed E-state index contributed by atoms with van der Waals surface area (Å²) in [5.74, 6) is -1.65. The number of hydrogen-bond acceptors (Lipinski definition) is 6. The Bertz CT molecular complexity index is 558. The van der Waals surface area contributed by atoms with E-state index in [9.17, 15) is 4.79 Å². The summed E-state index contributed by atoms with van der Waals surface area (Å²) >= 11 is 0. The molecule has 0 aromatic heterocycles. The van der Waals surface area contributed by atoms with E-state index in [-0.39, 0.29) is 12.1 Å². The lowest BCUT2D eigenvalue weighted by atomic mass is 10.0. The average molecular weight is 411 g/mol. The molecule has 6 heteroatoms. The summed E-state index contributed by atoms with van der Waals surface area (Å²) in [6.07, 6.45) is 18.9. The van der Waals surface area contributed by atoms with Crippen molar-refractivity contribution in [3.05, 3.63) is 0 Å². The molecule has 0 saturated carbocycles. The molecule has 0 N–H and O–H groups in total. The third-order valence-electron chi connectivity index (χ3n) is 6.66. The van der Waals surface area contributed by atoms with Crippen molar-refractivity contribution in [3.63, 3.8) is 0 Å². The van der Waals surface area contributed by atoms with Gasteiger partial charge in [0.05, 0.1) is 6.61 Å². The van der Waals surface area contributed by atoms with Crippen molar-refractivity contribution < 1.29 is 28.5 Å². The highest BCUT2D eigenvalue weighted by Gasteiger charge is 3.16. The highest BCUT2D eigenvalue weighted by atomic mass is 17.2. The first-order valence-corrected chi connectivity index (χ1v) is 12.1. The molecule has 0 amide bonds. The van der Waals surface area contributed by atoms with Gasteiger partial charge in [-0.3, -0.25) is 19.0 Å². The molecule has 0 radical (unpaired) electrons. The highest BCUT2D eigenvalue weighted by Crippen LogP contribution is 2.88. The Kier molecular flexibility index (Phi) is 6.84. The number of rotatable bonds is 18. The van der Waals surface area contributed by atoms with Crippen molar-refractivity contribution in [2.75, 3.05) is 6.61 Å². The summed E-state index contributed by atoms with van der Waals surface area (Å²) in [5.41, 5.74) is 0. The van der Waals surface area contributed by atoms with Gasteiger partial charge in [-0.25, -0.2) is 0 Å². The molecule has 4 aliphatic heterocycles. The largest absolute Gasteiger partial charge is 0.466 e. The van der Waals surface area contributed by atoms with Crippen LogP contribution >= 0.6 is 0 Å². The Morgan fingerprint density at radius 3 is 1.97 bits per heavy atom. The molecule has 6 nitrogen and oxygen atoms in total. The first-order valence-electron chi connectivity index (χ1n) is 12.1. The lowest BCUT2D eigenvalue weighted by Gasteiger charge is -2.10. The van der Waals surface area contributed by atoms with Crippen LogP contribution in [0.15, 0.2) is 0 Å². The van der Waals surface area contributed by atoms with Crippen molar-refractivity contribution in [1.29, 1.82) is 0 Å². The molecule has 4 saturated heterocycles. The van der Waals surface area contributed by atoms with Crippen molar-refractivity contribution in [3.8, 4) is 0 Å². The van der Waals surface area contributed by atoms with E-state index in [1.165, 1.54) is 57.8 Å². The first kappa shape index (κ1) is 21.5. The molecule has 29 heavy (non-hydrogen) atoms. The van der Waals surface area contributed by atoms with Gasteiger partial charge in [-0.1, -0.05) is 84.0 Å². The van der Waals surface area contributed by atoms with Crippen LogP contribution in [0.25, 0.3) is 0 Å². The molecule has 2 unspecified atom stereocenters. The van der Waals surface area contributed by atoms with Crippen molar-refractivity contribution >= 4 is 5.97 Å². The quantitative estimate of drug-likeness (QED) is 0.173. The van der Waals surface area contributed by atoms with E-state index < -0.39 is 17.5 Å². The van der Waals surface area contributed by atoms with E-state index in [1.54, 1.807) is 0 Å². The zero-order valence-corrected chi connectivity index (χ0v) is 18.0. The van der Waals surface area contributed by atoms with E-state index in [0.29, 0.717) is 13.0 Å². The number of carbonyl (C=O) groups excluding carboxylic acids is 1. The monoisotopic (exact) mass is 410 g/mol. The smallest absolute Gasteiger partial charge is 0.355 e. The fourth-order valence-corrected chi connectivity index (χ4v) is 4.63. The normalized spacial score (nSPS) is 35.0. The lowest BCUT2D eigenvalue weighted by Crippen LogP contribution is -2.39. The van der Waals surface area contributed by atoms with Crippen LogP contribution in [0, 0.1) is 0 Å². The van der Waals surface area contributed by atoms with Gasteiger partial charge in [-0.05, 0) is 19.3 Å². The van der Waals surface area contributed by atoms with Crippen molar-refractivity contribution in [2.45, 2.75) is 133 Å². The fraction of sp³-hybridized carbons (Fsp3) is 0.957. The Hall–Kier alpha value is -0.690. The zero-order valence-electron chi connectivity index (χ0n) is 18.0. The second kappa shape index (κ2) is 9.21. The number of epoxide rings is 3. The topological polar surface area (TPSA) is 73.1 Å². The van der Waals surface area contributed by atoms with Crippen LogP contribution in [0.2, 0.25) is 0 Å². The summed E-state index contributed by atoms with van der Waals surface area (Å²) in [6.45, 7) is 2.75. The highest BCUT2D eigenvalue weighted by molar-refractivity contribution is 5.69. The van der Waals surface area contributed by atoms with Gasteiger partial charge in [0.1, 0.15) is 6.10 Å². The maximum atomic E-state index is 11.6. The predicted molar refractivity (Wildman–Crippen MR) is 107 cm³/mol. The third-order valence-corrected chi connectivity index (χ3v) is 6.66. The van der Waals surface area contributed by atoms with Gasteiger partial charge < -0.3 is 9.47 Å². The molecule has 1 spiro atoms. The molecule has 4 heterocycles. The summed E-state index contributed by atoms with van der Waals surface area (Å²) in [5, 5.41) is 0. The fourth-order valence-electron chi connectivity index (χ4n) is 4.63. The van der Waals surface area contributed by atoms with Crippen LogP contribution < -0.4 is 0 Å². The van der Waals surface area contributed by atoms with Crippen LogP contribution in [-0.4, -0.2) is 36.2 Å². The van der Waals surface area contributed by atoms with Gasteiger partial charge in [0.25, 0.3) is 5.79 Å². The second-order valence-electron chi connectivity index (χ2n) is 9.11. The maximum Gasteiger partial charge on any atom is 0.355 e. The number of hydrogen-bond donors (Lipinski definition) is 0. The minimum Gasteiger partial charge on any atom is -0.466 e. The molecule has 4 fully saturated rings. The van der Waals surface area contributed by atoms with Gasteiger partial charge in [-0.15, -0.1) is 0 Å². The molecule has 4 aliphatic rings. The van der Waals surface area contributed by atoms with Crippen molar-refractivity contribution in [1.82, 2.24) is 0 Å². The van der Waals surface area contributed by atoms with Crippen LogP contribution in [0.5, 0.6) is 0 Å². The van der Waals surface area contributed by atoms with Crippen LogP contribution in [-0.2, 0) is 28.5 Å². The van der Waals surface area contributed by atoms with Crippen molar-refractivity contribution in [2.24, 2.45) is 0 Å². The van der Waals surface area contributed by atoms with E-state index in [1.807, 2.05) is 0 Å². The molecule has 0 aliphatic carbocycles. The molecular weight excluding hydrogens is 372 g/mol. The van der Waals surface area contributed by atoms with E-state index in [4.69, 9.17) is 23.7 Å². The summed E-state index contributed by atoms with van der Waals surface area (Å²) in [4.78, 5) is 11.6. The van der Waals surface area contributed by atoms with Crippen LogP contribution in [0.4, 0.5) is 0 Å². The van der Waals surface area contributed by atoms with Gasteiger partial charge in [0.15, 0.2) is 0 Å².